The molecule has 2 heteroatoms. The molecule has 1 atom stereocenters. The lowest BCUT2D eigenvalue weighted by Crippen LogP contribution is -2.06. The minimum absolute atomic E-state index is 0.161. The minimum atomic E-state index is 0.161. The van der Waals surface area contributed by atoms with E-state index >= 15 is 0 Å². The summed E-state index contributed by atoms with van der Waals surface area (Å²) >= 11 is 0. The van der Waals surface area contributed by atoms with Crippen LogP contribution in [-0.4, -0.2) is 6.04 Å². The number of azo groups is 1. The molecule has 0 unspecified atom stereocenters. The Hall–Kier alpha value is -0.660. The summed E-state index contributed by atoms with van der Waals surface area (Å²) < 4.78 is 0. The first-order valence-corrected chi connectivity index (χ1v) is 3.63. The number of hydrogen-bond acceptors (Lipinski definition) is 2. The van der Waals surface area contributed by atoms with Gasteiger partial charge in [-0.2, -0.15) is 10.2 Å². The number of rotatable bonds is 0. The van der Waals surface area contributed by atoms with E-state index in [0.717, 1.165) is 5.70 Å². The monoisotopic (exact) mass is 138 g/mol. The number of allylic oxidation sites excluding steroid dienone is 1. The van der Waals surface area contributed by atoms with Crippen LogP contribution >= 0.6 is 0 Å². The molecule has 0 aromatic carbocycles. The van der Waals surface area contributed by atoms with Crippen molar-refractivity contribution in [1.82, 2.24) is 0 Å². The summed E-state index contributed by atoms with van der Waals surface area (Å²) in [6, 6.07) is 0.286. The van der Waals surface area contributed by atoms with Crippen LogP contribution in [0.15, 0.2) is 22.0 Å². The van der Waals surface area contributed by atoms with Gasteiger partial charge in [-0.1, -0.05) is 20.8 Å². The third-order valence-electron chi connectivity index (χ3n) is 1.52. The van der Waals surface area contributed by atoms with Crippen LogP contribution in [0.4, 0.5) is 0 Å². The third-order valence-corrected chi connectivity index (χ3v) is 1.52. The molecule has 0 bridgehead atoms. The molecule has 0 amide bonds. The number of nitrogens with zero attached hydrogens (tertiary/aromatic N) is 2. The molecule has 1 heterocycles. The summed E-state index contributed by atoms with van der Waals surface area (Å²) in [7, 11) is 0. The summed E-state index contributed by atoms with van der Waals surface area (Å²) in [5, 5.41) is 8.09. The second kappa shape index (κ2) is 2.19. The highest BCUT2D eigenvalue weighted by Gasteiger charge is 2.20. The van der Waals surface area contributed by atoms with Crippen LogP contribution in [0.2, 0.25) is 0 Å². The van der Waals surface area contributed by atoms with E-state index in [1.54, 1.807) is 0 Å². The van der Waals surface area contributed by atoms with E-state index in [1.165, 1.54) is 0 Å². The predicted molar refractivity (Wildman–Crippen MR) is 41.9 cm³/mol. The average Bonchev–Trinajstić information content (AvgIpc) is 2.11. The Morgan fingerprint density at radius 2 is 2.00 bits per heavy atom. The molecule has 0 saturated heterocycles. The normalized spacial score (nSPS) is 25.2. The third kappa shape index (κ3) is 1.43. The molecule has 0 spiro atoms. The largest absolute Gasteiger partial charge is 0.182 e. The second-order valence-corrected chi connectivity index (χ2v) is 3.76. The first-order valence-electron chi connectivity index (χ1n) is 3.63. The Kier molecular flexibility index (Phi) is 1.63. The molecule has 0 fully saturated rings. The SMILES string of the molecule is C[C@H]1C=C(C(C)(C)C)N=N1. The van der Waals surface area contributed by atoms with E-state index < -0.39 is 0 Å². The molecule has 0 N–H and O–H groups in total. The summed E-state index contributed by atoms with van der Waals surface area (Å²) in [6.07, 6.45) is 2.11. The van der Waals surface area contributed by atoms with Gasteiger partial charge in [-0.25, -0.2) is 0 Å². The fraction of sp³-hybridized carbons (Fsp3) is 0.750. The lowest BCUT2D eigenvalue weighted by molar-refractivity contribution is 0.497. The maximum Gasteiger partial charge on any atom is 0.0886 e. The fourth-order valence-electron chi connectivity index (χ4n) is 0.848. The second-order valence-electron chi connectivity index (χ2n) is 3.76. The number of hydrogen-bond donors (Lipinski definition) is 0. The topological polar surface area (TPSA) is 24.7 Å². The molecule has 0 saturated carbocycles. The highest BCUT2D eigenvalue weighted by molar-refractivity contribution is 5.14. The molecule has 1 aliphatic heterocycles. The van der Waals surface area contributed by atoms with Gasteiger partial charge in [0.25, 0.3) is 0 Å². The van der Waals surface area contributed by atoms with E-state index in [4.69, 9.17) is 0 Å². The van der Waals surface area contributed by atoms with Gasteiger partial charge in [-0.05, 0) is 13.0 Å². The van der Waals surface area contributed by atoms with Crippen molar-refractivity contribution in [2.75, 3.05) is 0 Å². The quantitative estimate of drug-likeness (QED) is 0.491. The van der Waals surface area contributed by atoms with Crippen LogP contribution in [0.25, 0.3) is 0 Å². The van der Waals surface area contributed by atoms with Crippen LogP contribution in [0.1, 0.15) is 27.7 Å². The molecule has 2 nitrogen and oxygen atoms in total. The van der Waals surface area contributed by atoms with Gasteiger partial charge in [0.1, 0.15) is 0 Å². The van der Waals surface area contributed by atoms with Gasteiger partial charge in [0.2, 0.25) is 0 Å². The van der Waals surface area contributed by atoms with E-state index in [-0.39, 0.29) is 11.5 Å². The van der Waals surface area contributed by atoms with Crippen LogP contribution in [-0.2, 0) is 0 Å². The van der Waals surface area contributed by atoms with E-state index in [1.807, 2.05) is 6.92 Å². The van der Waals surface area contributed by atoms with Gasteiger partial charge in [-0.15, -0.1) is 0 Å². The zero-order valence-corrected chi connectivity index (χ0v) is 7.05. The van der Waals surface area contributed by atoms with Gasteiger partial charge in [0.05, 0.1) is 11.7 Å². The molecule has 1 rings (SSSR count). The van der Waals surface area contributed by atoms with Crippen LogP contribution in [0, 0.1) is 5.41 Å². The van der Waals surface area contributed by atoms with Gasteiger partial charge < -0.3 is 0 Å². The summed E-state index contributed by atoms with van der Waals surface area (Å²) in [5.74, 6) is 0. The summed E-state index contributed by atoms with van der Waals surface area (Å²) in [4.78, 5) is 0. The van der Waals surface area contributed by atoms with Crippen molar-refractivity contribution < 1.29 is 0 Å². The standard InChI is InChI=1S/C8H14N2/c1-6-5-7(10-9-6)8(2,3)4/h5-6H,1-4H3/t6-/m0/s1. The zero-order chi connectivity index (χ0) is 7.78. The molecule has 0 aromatic heterocycles. The average molecular weight is 138 g/mol. The first-order chi connectivity index (χ1) is 4.50. The lowest BCUT2D eigenvalue weighted by atomic mass is 9.92. The van der Waals surface area contributed by atoms with Crippen LogP contribution < -0.4 is 0 Å². The molecule has 0 radical (unpaired) electrons. The predicted octanol–water partition coefficient (Wildman–Crippen LogP) is 2.77. The van der Waals surface area contributed by atoms with Crippen molar-refractivity contribution in [3.8, 4) is 0 Å². The molecular weight excluding hydrogens is 124 g/mol. The van der Waals surface area contributed by atoms with Gasteiger partial charge >= 0.3 is 0 Å². The Bertz CT molecular complexity index is 184. The maximum absolute atomic E-state index is 4.07. The van der Waals surface area contributed by atoms with Crippen molar-refractivity contribution in [2.24, 2.45) is 15.6 Å². The van der Waals surface area contributed by atoms with E-state index in [0.29, 0.717) is 0 Å². The molecule has 56 valence electrons. The molecule has 1 aliphatic rings. The zero-order valence-electron chi connectivity index (χ0n) is 7.05. The van der Waals surface area contributed by atoms with Crippen molar-refractivity contribution in [3.63, 3.8) is 0 Å². The van der Waals surface area contributed by atoms with Crippen molar-refractivity contribution in [1.29, 1.82) is 0 Å². The van der Waals surface area contributed by atoms with Crippen LogP contribution in [0.5, 0.6) is 0 Å². The summed E-state index contributed by atoms with van der Waals surface area (Å²) in [6.45, 7) is 8.49. The molecule has 10 heavy (non-hydrogen) atoms. The Labute approximate surface area is 62.0 Å². The fourth-order valence-corrected chi connectivity index (χ4v) is 0.848. The summed E-state index contributed by atoms with van der Waals surface area (Å²) in [5.41, 5.74) is 1.27. The van der Waals surface area contributed by atoms with Crippen molar-refractivity contribution >= 4 is 0 Å². The smallest absolute Gasteiger partial charge is 0.0886 e. The van der Waals surface area contributed by atoms with Gasteiger partial charge in [0.15, 0.2) is 0 Å². The first kappa shape index (κ1) is 7.45. The lowest BCUT2D eigenvalue weighted by Gasteiger charge is -2.15. The Balaban J connectivity index is 2.78. The van der Waals surface area contributed by atoms with Gasteiger partial charge in [0, 0.05) is 5.41 Å². The Morgan fingerprint density at radius 1 is 1.40 bits per heavy atom. The highest BCUT2D eigenvalue weighted by Crippen LogP contribution is 2.30. The van der Waals surface area contributed by atoms with E-state index in [9.17, 15) is 0 Å². The van der Waals surface area contributed by atoms with Crippen molar-refractivity contribution in [3.05, 3.63) is 11.8 Å². The highest BCUT2D eigenvalue weighted by atomic mass is 15.2. The Morgan fingerprint density at radius 3 is 2.20 bits per heavy atom. The maximum atomic E-state index is 4.07. The molecular formula is C8H14N2. The molecule has 0 aromatic rings. The van der Waals surface area contributed by atoms with Gasteiger partial charge in [-0.3, -0.25) is 0 Å². The minimum Gasteiger partial charge on any atom is -0.182 e. The molecule has 0 aliphatic carbocycles. The van der Waals surface area contributed by atoms with Crippen LogP contribution in [0.3, 0.4) is 0 Å². The van der Waals surface area contributed by atoms with Crippen molar-refractivity contribution in [2.45, 2.75) is 33.7 Å². The van der Waals surface area contributed by atoms with E-state index in [2.05, 4.69) is 37.1 Å².